The minimum atomic E-state index is -0.769. The fraction of sp³-hybridized carbons (Fsp3) is 0.435. The fourth-order valence-electron chi connectivity index (χ4n) is 4.96. The zero-order valence-electron chi connectivity index (χ0n) is 16.1. The van der Waals surface area contributed by atoms with Gasteiger partial charge >= 0.3 is 0 Å². The number of rotatable bonds is 3. The van der Waals surface area contributed by atoms with Crippen LogP contribution in [0.5, 0.6) is 5.75 Å². The summed E-state index contributed by atoms with van der Waals surface area (Å²) < 4.78 is 18.9. The van der Waals surface area contributed by atoms with Crippen molar-refractivity contribution in [1.82, 2.24) is 4.90 Å². The van der Waals surface area contributed by atoms with Crippen LogP contribution in [0.25, 0.3) is 0 Å². The van der Waals surface area contributed by atoms with Crippen LogP contribution in [0.15, 0.2) is 48.5 Å². The van der Waals surface area contributed by atoms with Gasteiger partial charge in [0.1, 0.15) is 11.6 Å². The first-order chi connectivity index (χ1) is 13.5. The van der Waals surface area contributed by atoms with Gasteiger partial charge in [-0.3, -0.25) is 4.79 Å². The third-order valence-electron chi connectivity index (χ3n) is 6.38. The van der Waals surface area contributed by atoms with E-state index in [0.717, 1.165) is 31.2 Å². The number of amides is 1. The van der Waals surface area contributed by atoms with Crippen molar-refractivity contribution in [3.8, 4) is 5.75 Å². The highest BCUT2D eigenvalue weighted by Gasteiger charge is 2.50. The number of piperidine rings is 1. The minimum absolute atomic E-state index is 0.0564. The number of likely N-dealkylation sites (tertiary alicyclic amines) is 1. The number of carbonyl (C=O) groups excluding carboxylic acids is 1. The molecule has 1 heterocycles. The van der Waals surface area contributed by atoms with Crippen molar-refractivity contribution in [2.24, 2.45) is 5.92 Å². The molecular weight excluding hydrogens is 357 g/mol. The van der Waals surface area contributed by atoms with E-state index in [0.29, 0.717) is 24.3 Å². The van der Waals surface area contributed by atoms with Gasteiger partial charge in [0.2, 0.25) is 0 Å². The molecule has 0 spiro atoms. The fourth-order valence-corrected chi connectivity index (χ4v) is 4.96. The van der Waals surface area contributed by atoms with Crippen LogP contribution in [0.3, 0.4) is 0 Å². The van der Waals surface area contributed by atoms with Gasteiger partial charge in [0.05, 0.1) is 24.3 Å². The minimum Gasteiger partial charge on any atom is -0.496 e. The van der Waals surface area contributed by atoms with Gasteiger partial charge in [0.15, 0.2) is 0 Å². The van der Waals surface area contributed by atoms with E-state index in [9.17, 15) is 14.3 Å². The maximum absolute atomic E-state index is 13.5. The Bertz CT molecular complexity index is 853. The predicted molar refractivity (Wildman–Crippen MR) is 105 cm³/mol. The van der Waals surface area contributed by atoms with Gasteiger partial charge in [0.25, 0.3) is 5.91 Å². The van der Waals surface area contributed by atoms with Crippen LogP contribution in [0.1, 0.15) is 54.1 Å². The maximum atomic E-state index is 13.5. The molecule has 1 aliphatic heterocycles. The average Bonchev–Trinajstić information content (AvgIpc) is 2.72. The maximum Gasteiger partial charge on any atom is 0.258 e. The first-order valence-electron chi connectivity index (χ1n) is 9.95. The molecule has 2 aromatic rings. The highest BCUT2D eigenvalue weighted by molar-refractivity contribution is 5.97. The van der Waals surface area contributed by atoms with Crippen molar-refractivity contribution in [2.75, 3.05) is 13.7 Å². The molecule has 0 bridgehead atoms. The molecule has 148 valence electrons. The van der Waals surface area contributed by atoms with Crippen molar-refractivity contribution in [3.05, 3.63) is 65.5 Å². The molecule has 0 aromatic heterocycles. The number of ether oxygens (including phenoxy) is 1. The van der Waals surface area contributed by atoms with E-state index < -0.39 is 5.60 Å². The highest BCUT2D eigenvalue weighted by atomic mass is 19.1. The Morgan fingerprint density at radius 2 is 1.89 bits per heavy atom. The molecule has 1 saturated carbocycles. The Morgan fingerprint density at radius 1 is 1.14 bits per heavy atom. The predicted octanol–water partition coefficient (Wildman–Crippen LogP) is 4.34. The summed E-state index contributed by atoms with van der Waals surface area (Å²) in [7, 11) is 1.56. The van der Waals surface area contributed by atoms with Gasteiger partial charge in [-0.25, -0.2) is 4.39 Å². The molecule has 2 fully saturated rings. The Balaban J connectivity index is 1.76. The lowest BCUT2D eigenvalue weighted by molar-refractivity contribution is -0.115. The lowest BCUT2D eigenvalue weighted by atomic mass is 9.66. The number of aliphatic hydroxyl groups is 1. The summed E-state index contributed by atoms with van der Waals surface area (Å²) in [6, 6.07) is 13.3. The summed E-state index contributed by atoms with van der Waals surface area (Å²) in [5.74, 6) is 0.0643. The van der Waals surface area contributed by atoms with Crippen LogP contribution in [0.4, 0.5) is 4.39 Å². The van der Waals surface area contributed by atoms with Crippen molar-refractivity contribution in [3.63, 3.8) is 0 Å². The van der Waals surface area contributed by atoms with Crippen LogP contribution in [0.2, 0.25) is 0 Å². The number of para-hydroxylation sites is 1. The summed E-state index contributed by atoms with van der Waals surface area (Å²) >= 11 is 0. The van der Waals surface area contributed by atoms with E-state index in [2.05, 4.69) is 0 Å². The van der Waals surface area contributed by atoms with E-state index >= 15 is 0 Å². The van der Waals surface area contributed by atoms with Gasteiger partial charge in [-0.2, -0.15) is 0 Å². The summed E-state index contributed by atoms with van der Waals surface area (Å²) in [4.78, 5) is 15.3. The molecule has 1 saturated heterocycles. The van der Waals surface area contributed by atoms with E-state index in [4.69, 9.17) is 4.74 Å². The zero-order chi connectivity index (χ0) is 19.7. The second-order valence-corrected chi connectivity index (χ2v) is 7.90. The Labute approximate surface area is 164 Å². The van der Waals surface area contributed by atoms with Gasteiger partial charge in [-0.15, -0.1) is 0 Å². The quantitative estimate of drug-likeness (QED) is 0.858. The number of fused-ring (bicyclic) bond motifs is 1. The molecule has 1 aliphatic carbocycles. The molecule has 5 heteroatoms. The molecule has 1 N–H and O–H groups in total. The van der Waals surface area contributed by atoms with Gasteiger partial charge < -0.3 is 14.7 Å². The topological polar surface area (TPSA) is 49.8 Å². The number of methoxy groups -OCH3 is 1. The Kier molecular flexibility index (Phi) is 5.11. The second-order valence-electron chi connectivity index (χ2n) is 7.90. The van der Waals surface area contributed by atoms with Crippen molar-refractivity contribution in [2.45, 2.75) is 43.7 Å². The molecule has 28 heavy (non-hydrogen) atoms. The molecule has 3 atom stereocenters. The number of halogens is 1. The molecule has 2 aliphatic rings. The van der Waals surface area contributed by atoms with Gasteiger partial charge in [0, 0.05) is 12.5 Å². The third kappa shape index (κ3) is 3.28. The largest absolute Gasteiger partial charge is 0.496 e. The number of carbonyl (C=O) groups is 1. The third-order valence-corrected chi connectivity index (χ3v) is 6.38. The summed E-state index contributed by atoms with van der Waals surface area (Å²) in [5.41, 5.74) is 0.613. The lowest BCUT2D eigenvalue weighted by Crippen LogP contribution is -2.56. The lowest BCUT2D eigenvalue weighted by Gasteiger charge is -2.52. The molecular formula is C23H26FNO3. The number of nitrogens with zero attached hydrogens (tertiary/aromatic N) is 1. The van der Waals surface area contributed by atoms with Crippen LogP contribution in [0, 0.1) is 11.7 Å². The second kappa shape index (κ2) is 7.55. The molecule has 2 aromatic carbocycles. The Hall–Kier alpha value is -2.40. The van der Waals surface area contributed by atoms with Crippen LogP contribution >= 0.6 is 0 Å². The van der Waals surface area contributed by atoms with Gasteiger partial charge in [-0.05, 0) is 49.1 Å². The standard InChI is InChI=1S/C23H26FNO3/c1-28-20-8-3-2-6-18(20)22(26)25-15-14-23(27)13-5-4-7-19(23)21(25)16-9-11-17(24)12-10-16/h2-3,6,8-12,19,21,27H,4-5,7,13-15H2,1H3/t19-,21-,23-/m0/s1. The van der Waals surface area contributed by atoms with Crippen LogP contribution in [-0.4, -0.2) is 35.2 Å². The summed E-state index contributed by atoms with van der Waals surface area (Å²) in [6.07, 6.45) is 4.21. The van der Waals surface area contributed by atoms with E-state index in [1.165, 1.54) is 12.1 Å². The monoisotopic (exact) mass is 383 g/mol. The number of hydrogen-bond acceptors (Lipinski definition) is 3. The number of benzene rings is 2. The molecule has 0 radical (unpaired) electrons. The van der Waals surface area contributed by atoms with E-state index in [1.54, 1.807) is 31.4 Å². The summed E-state index contributed by atoms with van der Waals surface area (Å²) in [5, 5.41) is 11.3. The van der Waals surface area contributed by atoms with Crippen molar-refractivity contribution >= 4 is 5.91 Å². The smallest absolute Gasteiger partial charge is 0.258 e. The number of hydrogen-bond donors (Lipinski definition) is 1. The van der Waals surface area contributed by atoms with E-state index in [1.807, 2.05) is 17.0 Å². The molecule has 1 amide bonds. The molecule has 0 unspecified atom stereocenters. The normalized spacial score (nSPS) is 27.2. The average molecular weight is 383 g/mol. The first kappa shape index (κ1) is 18.9. The van der Waals surface area contributed by atoms with Gasteiger partial charge in [-0.1, -0.05) is 37.1 Å². The first-order valence-corrected chi connectivity index (χ1v) is 9.95. The van der Waals surface area contributed by atoms with Crippen LogP contribution in [-0.2, 0) is 0 Å². The molecule has 4 rings (SSSR count). The zero-order valence-corrected chi connectivity index (χ0v) is 16.1. The van der Waals surface area contributed by atoms with Crippen molar-refractivity contribution in [1.29, 1.82) is 0 Å². The Morgan fingerprint density at radius 3 is 2.64 bits per heavy atom. The van der Waals surface area contributed by atoms with Crippen molar-refractivity contribution < 1.29 is 19.0 Å². The van der Waals surface area contributed by atoms with E-state index in [-0.39, 0.29) is 23.7 Å². The SMILES string of the molecule is COc1ccccc1C(=O)N1CC[C@@]2(O)CCCC[C@H]2[C@@H]1c1ccc(F)cc1. The highest BCUT2D eigenvalue weighted by Crippen LogP contribution is 2.49. The summed E-state index contributed by atoms with van der Waals surface area (Å²) in [6.45, 7) is 0.464. The molecule has 4 nitrogen and oxygen atoms in total. The van der Waals surface area contributed by atoms with Crippen LogP contribution < -0.4 is 4.74 Å².